The summed E-state index contributed by atoms with van der Waals surface area (Å²) in [5.74, 6) is 0.526. The lowest BCUT2D eigenvalue weighted by atomic mass is 9.72. The predicted octanol–water partition coefficient (Wildman–Crippen LogP) is 5.09. The Balaban J connectivity index is 1.87. The molecule has 4 rings (SSSR count). The van der Waals surface area contributed by atoms with Crippen molar-refractivity contribution < 1.29 is 4.74 Å². The monoisotopic (exact) mass is 299 g/mol. The molecule has 2 aliphatic carbocycles. The molecule has 0 amide bonds. The number of rotatable bonds is 1. The molecule has 120 valence electrons. The lowest BCUT2D eigenvalue weighted by Crippen LogP contribution is -2.28. The molecule has 2 nitrogen and oxygen atoms in total. The summed E-state index contributed by atoms with van der Waals surface area (Å²) in [7, 11) is 0. The normalized spacial score (nSPS) is 28.1. The molecule has 1 aromatic heterocycles. The zero-order chi connectivity index (χ0) is 15.5. The van der Waals surface area contributed by atoms with Gasteiger partial charge in [0.25, 0.3) is 0 Å². The zero-order valence-corrected chi connectivity index (χ0v) is 14.5. The molecule has 2 heteroatoms. The van der Waals surface area contributed by atoms with Gasteiger partial charge in [-0.3, -0.25) is 4.98 Å². The number of fused-ring (bicyclic) bond motifs is 4. The summed E-state index contributed by atoms with van der Waals surface area (Å²) in [5, 5.41) is 0. The first-order valence-electron chi connectivity index (χ1n) is 9.11. The molecule has 1 spiro atoms. The van der Waals surface area contributed by atoms with Crippen LogP contribution in [0.3, 0.4) is 0 Å². The molecule has 1 fully saturated rings. The molecule has 1 aromatic rings. The lowest BCUT2D eigenvalue weighted by molar-refractivity contribution is -0.0901. The van der Waals surface area contributed by atoms with E-state index in [0.717, 1.165) is 6.42 Å². The van der Waals surface area contributed by atoms with Gasteiger partial charge in [0.15, 0.2) is 0 Å². The van der Waals surface area contributed by atoms with Crippen molar-refractivity contribution in [2.45, 2.75) is 84.3 Å². The number of aromatic nitrogens is 1. The Kier molecular flexibility index (Phi) is 3.21. The Bertz CT molecular complexity index is 596. The van der Waals surface area contributed by atoms with Crippen LogP contribution >= 0.6 is 0 Å². The fourth-order valence-electron chi connectivity index (χ4n) is 4.96. The third-order valence-electron chi connectivity index (χ3n) is 6.13. The molecule has 1 saturated carbocycles. The van der Waals surface area contributed by atoms with E-state index in [2.05, 4.69) is 33.9 Å². The highest BCUT2D eigenvalue weighted by molar-refractivity contribution is 5.47. The third-order valence-corrected chi connectivity index (χ3v) is 6.13. The first-order chi connectivity index (χ1) is 10.4. The fourth-order valence-corrected chi connectivity index (χ4v) is 4.96. The number of pyridine rings is 1. The molecule has 1 aliphatic heterocycles. The van der Waals surface area contributed by atoms with Crippen LogP contribution in [-0.2, 0) is 23.2 Å². The third kappa shape index (κ3) is 2.06. The van der Waals surface area contributed by atoms with Crippen molar-refractivity contribution in [3.05, 3.63) is 28.6 Å². The summed E-state index contributed by atoms with van der Waals surface area (Å²) >= 11 is 0. The number of hydrogen-bond donors (Lipinski definition) is 0. The Morgan fingerprint density at radius 2 is 1.91 bits per heavy atom. The van der Waals surface area contributed by atoms with Crippen molar-refractivity contribution in [1.29, 1.82) is 0 Å². The minimum absolute atomic E-state index is 0.0266. The van der Waals surface area contributed by atoms with E-state index in [-0.39, 0.29) is 11.7 Å². The zero-order valence-electron chi connectivity index (χ0n) is 14.5. The summed E-state index contributed by atoms with van der Waals surface area (Å²) in [6, 6.07) is 0. The molecule has 1 atom stereocenters. The number of ether oxygens (including phenoxy) is 1. The molecular formula is C20H29NO. The van der Waals surface area contributed by atoms with Crippen LogP contribution in [0.4, 0.5) is 0 Å². The van der Waals surface area contributed by atoms with Crippen LogP contribution in [0.25, 0.3) is 0 Å². The van der Waals surface area contributed by atoms with E-state index in [9.17, 15) is 0 Å². The molecule has 22 heavy (non-hydrogen) atoms. The van der Waals surface area contributed by atoms with Crippen molar-refractivity contribution in [2.24, 2.45) is 11.3 Å². The van der Waals surface area contributed by atoms with Gasteiger partial charge >= 0.3 is 0 Å². The molecular weight excluding hydrogens is 270 g/mol. The van der Waals surface area contributed by atoms with E-state index in [1.54, 1.807) is 11.1 Å². The second-order valence-corrected chi connectivity index (χ2v) is 8.84. The summed E-state index contributed by atoms with van der Waals surface area (Å²) in [5.41, 5.74) is 6.32. The molecule has 3 aliphatic rings. The van der Waals surface area contributed by atoms with Crippen LogP contribution in [-0.4, -0.2) is 4.98 Å². The maximum absolute atomic E-state index is 6.72. The van der Waals surface area contributed by atoms with Gasteiger partial charge in [0.1, 0.15) is 0 Å². The maximum atomic E-state index is 6.72. The topological polar surface area (TPSA) is 22.1 Å². The summed E-state index contributed by atoms with van der Waals surface area (Å²) in [6.07, 6.45) is 11.0. The molecule has 1 unspecified atom stereocenters. The second kappa shape index (κ2) is 4.80. The van der Waals surface area contributed by atoms with Gasteiger partial charge < -0.3 is 4.74 Å². The molecule has 0 saturated heterocycles. The smallest absolute Gasteiger partial charge is 0.0947 e. The SMILES string of the molecule is CC(C)C1OC2(CCCC2)c2c1cnc1c2CCC(C)(C)C1. The largest absolute Gasteiger partial charge is 0.362 e. The molecule has 2 heterocycles. The van der Waals surface area contributed by atoms with Gasteiger partial charge in [-0.25, -0.2) is 0 Å². The van der Waals surface area contributed by atoms with Gasteiger partial charge in [0, 0.05) is 17.5 Å². The first-order valence-corrected chi connectivity index (χ1v) is 9.11. The van der Waals surface area contributed by atoms with Gasteiger partial charge in [0.2, 0.25) is 0 Å². The van der Waals surface area contributed by atoms with E-state index in [1.807, 2.05) is 0 Å². The van der Waals surface area contributed by atoms with Gasteiger partial charge in [-0.2, -0.15) is 0 Å². The van der Waals surface area contributed by atoms with Crippen molar-refractivity contribution in [3.8, 4) is 0 Å². The van der Waals surface area contributed by atoms with Crippen LogP contribution in [0.15, 0.2) is 6.20 Å². The summed E-state index contributed by atoms with van der Waals surface area (Å²) in [6.45, 7) is 9.32. The van der Waals surface area contributed by atoms with Gasteiger partial charge in [-0.15, -0.1) is 0 Å². The average Bonchev–Trinajstić information content (AvgIpc) is 3.04. The highest BCUT2D eigenvalue weighted by Crippen LogP contribution is 2.56. The quantitative estimate of drug-likeness (QED) is 0.720. The minimum atomic E-state index is 0.0266. The Morgan fingerprint density at radius 3 is 2.59 bits per heavy atom. The molecule has 0 aromatic carbocycles. The molecule has 0 bridgehead atoms. The standard InChI is InChI=1S/C20H29NO/c1-13(2)18-15-12-21-16-11-19(3,4)10-7-14(16)17(15)20(22-18)8-5-6-9-20/h12-13,18H,5-11H2,1-4H3. The van der Waals surface area contributed by atoms with Crippen molar-refractivity contribution in [1.82, 2.24) is 4.98 Å². The maximum Gasteiger partial charge on any atom is 0.0947 e. The Hall–Kier alpha value is -0.890. The van der Waals surface area contributed by atoms with Crippen LogP contribution < -0.4 is 0 Å². The molecule has 0 N–H and O–H groups in total. The van der Waals surface area contributed by atoms with E-state index in [4.69, 9.17) is 9.72 Å². The van der Waals surface area contributed by atoms with Crippen molar-refractivity contribution >= 4 is 0 Å². The Labute approximate surface area is 134 Å². The van der Waals surface area contributed by atoms with E-state index < -0.39 is 0 Å². The fraction of sp³-hybridized carbons (Fsp3) is 0.750. The van der Waals surface area contributed by atoms with E-state index >= 15 is 0 Å². The van der Waals surface area contributed by atoms with Crippen LogP contribution in [0.5, 0.6) is 0 Å². The van der Waals surface area contributed by atoms with Crippen LogP contribution in [0.2, 0.25) is 0 Å². The highest BCUT2D eigenvalue weighted by atomic mass is 16.5. The first kappa shape index (κ1) is 14.7. The Morgan fingerprint density at radius 1 is 1.18 bits per heavy atom. The van der Waals surface area contributed by atoms with Crippen molar-refractivity contribution in [2.75, 3.05) is 0 Å². The van der Waals surface area contributed by atoms with E-state index in [0.29, 0.717) is 11.3 Å². The van der Waals surface area contributed by atoms with Crippen LogP contribution in [0, 0.1) is 11.3 Å². The second-order valence-electron chi connectivity index (χ2n) is 8.84. The summed E-state index contributed by atoms with van der Waals surface area (Å²) < 4.78 is 6.72. The molecule has 0 radical (unpaired) electrons. The predicted molar refractivity (Wildman–Crippen MR) is 88.9 cm³/mol. The summed E-state index contributed by atoms with van der Waals surface area (Å²) in [4.78, 5) is 4.89. The highest BCUT2D eigenvalue weighted by Gasteiger charge is 2.50. The number of nitrogens with zero attached hydrogens (tertiary/aromatic N) is 1. The minimum Gasteiger partial charge on any atom is -0.362 e. The van der Waals surface area contributed by atoms with Gasteiger partial charge in [-0.1, -0.05) is 40.5 Å². The average molecular weight is 299 g/mol. The lowest BCUT2D eigenvalue weighted by Gasteiger charge is -2.34. The number of hydrogen-bond acceptors (Lipinski definition) is 2. The van der Waals surface area contributed by atoms with Crippen LogP contribution in [0.1, 0.15) is 88.3 Å². The van der Waals surface area contributed by atoms with Gasteiger partial charge in [0.05, 0.1) is 11.7 Å². The van der Waals surface area contributed by atoms with Crippen molar-refractivity contribution in [3.63, 3.8) is 0 Å². The van der Waals surface area contributed by atoms with E-state index in [1.165, 1.54) is 49.8 Å². The van der Waals surface area contributed by atoms with Gasteiger partial charge in [-0.05, 0) is 54.6 Å².